The van der Waals surface area contributed by atoms with Gasteiger partial charge in [0.15, 0.2) is 16.7 Å². The van der Waals surface area contributed by atoms with Crippen molar-refractivity contribution in [3.8, 4) is 5.75 Å². The van der Waals surface area contributed by atoms with Crippen LogP contribution >= 0.6 is 11.3 Å². The molecular weight excluding hydrogens is 363 g/mol. The molecule has 2 aromatic carbocycles. The number of rotatable bonds is 6. The molecule has 3 rings (SSSR count). The van der Waals surface area contributed by atoms with Crippen molar-refractivity contribution in [1.82, 2.24) is 4.98 Å². The molecule has 0 amide bonds. The van der Waals surface area contributed by atoms with Gasteiger partial charge in [0, 0.05) is 11.6 Å². The summed E-state index contributed by atoms with van der Waals surface area (Å²) in [5.41, 5.74) is 0.494. The Balaban J connectivity index is 2.01. The number of methoxy groups -OCH3 is 1. The van der Waals surface area contributed by atoms with E-state index in [-0.39, 0.29) is 17.2 Å². The summed E-state index contributed by atoms with van der Waals surface area (Å²) in [7, 11) is -2.45. The molecule has 25 heavy (non-hydrogen) atoms. The lowest BCUT2D eigenvalue weighted by molar-refractivity contribution is 0.386. The standard InChI is InChI=1S/C17H15FN2O3S2/c1-23-16-8-7-13(11-15(16)18)12-20(17-19-9-10-24-17)25(21,22)14-5-3-2-4-6-14/h2-11H,12H2,1H3. The normalized spacial score (nSPS) is 11.3. The monoisotopic (exact) mass is 378 g/mol. The number of thiazole rings is 1. The number of benzene rings is 2. The molecule has 1 aromatic heterocycles. The van der Waals surface area contributed by atoms with Crippen LogP contribution in [0.1, 0.15) is 5.56 Å². The van der Waals surface area contributed by atoms with Crippen LogP contribution in [0.25, 0.3) is 0 Å². The Hall–Kier alpha value is -2.45. The van der Waals surface area contributed by atoms with E-state index in [0.717, 1.165) is 0 Å². The van der Waals surface area contributed by atoms with Gasteiger partial charge in [-0.1, -0.05) is 24.3 Å². The van der Waals surface area contributed by atoms with E-state index in [1.165, 1.54) is 53.2 Å². The van der Waals surface area contributed by atoms with Crippen LogP contribution in [-0.2, 0) is 16.6 Å². The number of nitrogens with zero attached hydrogens (tertiary/aromatic N) is 2. The maximum atomic E-state index is 14.0. The van der Waals surface area contributed by atoms with Gasteiger partial charge in [-0.2, -0.15) is 0 Å². The Morgan fingerprint density at radius 2 is 1.96 bits per heavy atom. The molecule has 0 aliphatic rings. The number of halogens is 1. The second kappa shape index (κ2) is 7.20. The Morgan fingerprint density at radius 3 is 2.56 bits per heavy atom. The quantitative estimate of drug-likeness (QED) is 0.656. The third-order valence-corrected chi connectivity index (χ3v) is 6.17. The van der Waals surface area contributed by atoms with Gasteiger partial charge in [0.1, 0.15) is 0 Å². The van der Waals surface area contributed by atoms with E-state index in [4.69, 9.17) is 4.74 Å². The van der Waals surface area contributed by atoms with Crippen LogP contribution in [0.4, 0.5) is 9.52 Å². The first-order chi connectivity index (χ1) is 12.0. The number of anilines is 1. The molecule has 0 bridgehead atoms. The molecule has 0 aliphatic carbocycles. The van der Waals surface area contributed by atoms with Crippen molar-refractivity contribution in [2.45, 2.75) is 11.4 Å². The van der Waals surface area contributed by atoms with E-state index in [1.54, 1.807) is 29.6 Å². The lowest BCUT2D eigenvalue weighted by atomic mass is 10.2. The maximum Gasteiger partial charge on any atom is 0.266 e. The molecule has 0 fully saturated rings. The highest BCUT2D eigenvalue weighted by Crippen LogP contribution is 2.28. The van der Waals surface area contributed by atoms with Crippen molar-refractivity contribution < 1.29 is 17.5 Å². The zero-order valence-electron chi connectivity index (χ0n) is 13.3. The fraction of sp³-hybridized carbons (Fsp3) is 0.118. The van der Waals surface area contributed by atoms with E-state index in [2.05, 4.69) is 4.98 Å². The zero-order valence-corrected chi connectivity index (χ0v) is 14.9. The summed E-state index contributed by atoms with van der Waals surface area (Å²) in [5, 5.41) is 2.01. The lowest BCUT2D eigenvalue weighted by Gasteiger charge is -2.22. The van der Waals surface area contributed by atoms with Crippen LogP contribution in [-0.4, -0.2) is 20.5 Å². The Kier molecular flexibility index (Phi) is 5.00. The molecule has 0 spiro atoms. The van der Waals surface area contributed by atoms with Gasteiger partial charge in [-0.15, -0.1) is 11.3 Å². The van der Waals surface area contributed by atoms with Gasteiger partial charge in [0.2, 0.25) is 0 Å². The minimum Gasteiger partial charge on any atom is -0.494 e. The van der Waals surface area contributed by atoms with Crippen LogP contribution < -0.4 is 9.04 Å². The molecule has 0 atom stereocenters. The molecule has 8 heteroatoms. The molecule has 1 heterocycles. The van der Waals surface area contributed by atoms with Crippen LogP contribution in [0, 0.1) is 5.82 Å². The Morgan fingerprint density at radius 1 is 1.20 bits per heavy atom. The minimum atomic E-state index is -3.82. The highest BCUT2D eigenvalue weighted by atomic mass is 32.2. The van der Waals surface area contributed by atoms with Crippen molar-refractivity contribution in [3.63, 3.8) is 0 Å². The first-order valence-corrected chi connectivity index (χ1v) is 9.64. The molecule has 3 aromatic rings. The summed E-state index contributed by atoms with van der Waals surface area (Å²) >= 11 is 1.20. The van der Waals surface area contributed by atoms with Crippen LogP contribution in [0.2, 0.25) is 0 Å². The topological polar surface area (TPSA) is 59.5 Å². The largest absolute Gasteiger partial charge is 0.494 e. The van der Waals surface area contributed by atoms with Gasteiger partial charge in [-0.25, -0.2) is 22.1 Å². The van der Waals surface area contributed by atoms with E-state index in [0.29, 0.717) is 10.7 Å². The van der Waals surface area contributed by atoms with E-state index < -0.39 is 15.8 Å². The molecule has 0 radical (unpaired) electrons. The Bertz CT molecular complexity index is 945. The molecule has 5 nitrogen and oxygen atoms in total. The second-order valence-electron chi connectivity index (χ2n) is 5.11. The predicted molar refractivity (Wildman–Crippen MR) is 94.9 cm³/mol. The van der Waals surface area contributed by atoms with Crippen molar-refractivity contribution >= 4 is 26.5 Å². The number of hydrogen-bond donors (Lipinski definition) is 0. The van der Waals surface area contributed by atoms with Crippen LogP contribution in [0.5, 0.6) is 5.75 Å². The third-order valence-electron chi connectivity index (χ3n) is 3.51. The Labute approximate surface area is 149 Å². The highest BCUT2D eigenvalue weighted by molar-refractivity contribution is 7.93. The highest BCUT2D eigenvalue weighted by Gasteiger charge is 2.27. The average Bonchev–Trinajstić information content (AvgIpc) is 3.14. The van der Waals surface area contributed by atoms with Gasteiger partial charge in [-0.05, 0) is 29.8 Å². The van der Waals surface area contributed by atoms with Gasteiger partial charge in [0.25, 0.3) is 10.0 Å². The summed E-state index contributed by atoms with van der Waals surface area (Å²) in [6.07, 6.45) is 1.53. The first-order valence-electron chi connectivity index (χ1n) is 7.32. The molecular formula is C17H15FN2O3S2. The second-order valence-corrected chi connectivity index (χ2v) is 7.84. The van der Waals surface area contributed by atoms with Crippen molar-refractivity contribution in [3.05, 3.63) is 71.5 Å². The minimum absolute atomic E-state index is 0.0361. The molecule has 130 valence electrons. The van der Waals surface area contributed by atoms with Gasteiger partial charge < -0.3 is 4.74 Å². The molecule has 0 aliphatic heterocycles. The SMILES string of the molecule is COc1ccc(CN(c2nccs2)S(=O)(=O)c2ccccc2)cc1F. The van der Waals surface area contributed by atoms with Gasteiger partial charge >= 0.3 is 0 Å². The average molecular weight is 378 g/mol. The van der Waals surface area contributed by atoms with Crippen molar-refractivity contribution in [2.24, 2.45) is 0 Å². The van der Waals surface area contributed by atoms with E-state index >= 15 is 0 Å². The number of sulfonamides is 1. The van der Waals surface area contributed by atoms with Crippen molar-refractivity contribution in [1.29, 1.82) is 0 Å². The fourth-order valence-corrected chi connectivity index (χ4v) is 4.59. The first kappa shape index (κ1) is 17.4. The van der Waals surface area contributed by atoms with Crippen LogP contribution in [0.3, 0.4) is 0 Å². The van der Waals surface area contributed by atoms with E-state index in [9.17, 15) is 12.8 Å². The van der Waals surface area contributed by atoms with Gasteiger partial charge in [0.05, 0.1) is 18.6 Å². The summed E-state index contributed by atoms with van der Waals surface area (Å²) in [5.74, 6) is -0.438. The zero-order chi connectivity index (χ0) is 17.9. The van der Waals surface area contributed by atoms with Crippen molar-refractivity contribution in [2.75, 3.05) is 11.4 Å². The molecule has 0 saturated heterocycles. The molecule has 0 N–H and O–H groups in total. The van der Waals surface area contributed by atoms with Crippen LogP contribution in [0.15, 0.2) is 65.0 Å². The third kappa shape index (κ3) is 3.64. The summed E-state index contributed by atoms with van der Waals surface area (Å²) in [6.45, 7) is -0.0361. The molecule has 0 unspecified atom stereocenters. The number of hydrogen-bond acceptors (Lipinski definition) is 5. The summed E-state index contributed by atoms with van der Waals surface area (Å²) in [6, 6.07) is 12.4. The predicted octanol–water partition coefficient (Wildman–Crippen LogP) is 3.69. The maximum absolute atomic E-state index is 14.0. The van der Waals surface area contributed by atoms with E-state index in [1.807, 2.05) is 0 Å². The fourth-order valence-electron chi connectivity index (χ4n) is 2.29. The summed E-state index contributed by atoms with van der Waals surface area (Å²) < 4.78 is 46.1. The smallest absolute Gasteiger partial charge is 0.266 e. The number of aromatic nitrogens is 1. The summed E-state index contributed by atoms with van der Waals surface area (Å²) in [4.78, 5) is 4.26. The number of ether oxygens (including phenoxy) is 1. The lowest BCUT2D eigenvalue weighted by Crippen LogP contribution is -2.30. The molecule has 0 saturated carbocycles. The van der Waals surface area contributed by atoms with Gasteiger partial charge in [-0.3, -0.25) is 0 Å².